The van der Waals surface area contributed by atoms with Gasteiger partial charge in [0.1, 0.15) is 30.5 Å². The smallest absolute Gasteiger partial charge is 0.243 e. The van der Waals surface area contributed by atoms with E-state index < -0.39 is 0 Å². The summed E-state index contributed by atoms with van der Waals surface area (Å²) in [5.74, 6) is 1.84. The molecule has 0 aliphatic carbocycles. The van der Waals surface area contributed by atoms with E-state index in [1.165, 1.54) is 0 Å². The molecular formula is C23H23ClN2O4. The third-order valence-electron chi connectivity index (χ3n) is 4.09. The molecule has 3 rings (SSSR count). The van der Waals surface area contributed by atoms with Crippen molar-refractivity contribution in [3.05, 3.63) is 77.8 Å². The van der Waals surface area contributed by atoms with E-state index in [0.717, 1.165) is 11.4 Å². The normalized spacial score (nSPS) is 10.2. The molecule has 0 heterocycles. The molecule has 30 heavy (non-hydrogen) atoms. The summed E-state index contributed by atoms with van der Waals surface area (Å²) in [4.78, 5) is 12.2. The predicted molar refractivity (Wildman–Crippen MR) is 119 cm³/mol. The summed E-state index contributed by atoms with van der Waals surface area (Å²) in [7, 11) is 1.55. The van der Waals surface area contributed by atoms with Crippen LogP contribution in [0.15, 0.2) is 72.8 Å². The van der Waals surface area contributed by atoms with Gasteiger partial charge in [0, 0.05) is 17.4 Å². The molecule has 0 saturated heterocycles. The van der Waals surface area contributed by atoms with Crippen molar-refractivity contribution in [2.45, 2.75) is 0 Å². The lowest BCUT2D eigenvalue weighted by Crippen LogP contribution is -2.21. The van der Waals surface area contributed by atoms with Crippen LogP contribution < -0.4 is 24.8 Å². The van der Waals surface area contributed by atoms with Crippen molar-refractivity contribution in [3.63, 3.8) is 0 Å². The Kier molecular flexibility index (Phi) is 7.80. The van der Waals surface area contributed by atoms with Gasteiger partial charge in [0.25, 0.3) is 0 Å². The monoisotopic (exact) mass is 426 g/mol. The van der Waals surface area contributed by atoms with E-state index in [1.54, 1.807) is 37.4 Å². The van der Waals surface area contributed by atoms with E-state index in [1.807, 2.05) is 42.5 Å². The van der Waals surface area contributed by atoms with Gasteiger partial charge < -0.3 is 24.8 Å². The van der Waals surface area contributed by atoms with E-state index in [-0.39, 0.29) is 12.5 Å². The molecular weight excluding hydrogens is 404 g/mol. The molecule has 3 aromatic rings. The third-order valence-corrected chi connectivity index (χ3v) is 4.38. The van der Waals surface area contributed by atoms with Crippen molar-refractivity contribution < 1.29 is 19.0 Å². The first-order valence-electron chi connectivity index (χ1n) is 9.42. The van der Waals surface area contributed by atoms with Crippen molar-refractivity contribution in [2.75, 3.05) is 37.5 Å². The number of carbonyl (C=O) groups excluding carboxylic acids is 1. The van der Waals surface area contributed by atoms with Crippen LogP contribution in [0.1, 0.15) is 0 Å². The summed E-state index contributed by atoms with van der Waals surface area (Å²) in [6, 6.07) is 22.0. The van der Waals surface area contributed by atoms with Gasteiger partial charge in [-0.05, 0) is 42.5 Å². The summed E-state index contributed by atoms with van der Waals surface area (Å²) < 4.78 is 16.4. The number of ether oxygens (including phenoxy) is 3. The maximum atomic E-state index is 12.2. The van der Waals surface area contributed by atoms with Crippen LogP contribution in [-0.4, -0.2) is 32.8 Å². The zero-order valence-corrected chi connectivity index (χ0v) is 17.3. The van der Waals surface area contributed by atoms with E-state index in [9.17, 15) is 4.79 Å². The maximum Gasteiger partial charge on any atom is 0.243 e. The average Bonchev–Trinajstić information content (AvgIpc) is 2.76. The van der Waals surface area contributed by atoms with Gasteiger partial charge in [-0.1, -0.05) is 35.9 Å². The van der Waals surface area contributed by atoms with E-state index in [0.29, 0.717) is 35.4 Å². The molecule has 0 atom stereocenters. The minimum atomic E-state index is -0.188. The number of rotatable bonds is 10. The van der Waals surface area contributed by atoms with Gasteiger partial charge >= 0.3 is 0 Å². The summed E-state index contributed by atoms with van der Waals surface area (Å²) in [5.41, 5.74) is 1.38. The van der Waals surface area contributed by atoms with Crippen LogP contribution in [0.2, 0.25) is 5.02 Å². The quantitative estimate of drug-likeness (QED) is 0.453. The summed E-state index contributed by atoms with van der Waals surface area (Å²) in [6.45, 7) is 0.916. The summed E-state index contributed by atoms with van der Waals surface area (Å²) in [6.07, 6.45) is 0. The molecule has 0 aliphatic rings. The number of benzene rings is 3. The van der Waals surface area contributed by atoms with Crippen LogP contribution in [-0.2, 0) is 4.79 Å². The predicted octanol–water partition coefficient (Wildman–Crippen LogP) is 4.86. The van der Waals surface area contributed by atoms with Crippen LogP contribution in [0.4, 0.5) is 11.4 Å². The lowest BCUT2D eigenvalue weighted by Gasteiger charge is -2.11. The number of amides is 1. The van der Waals surface area contributed by atoms with Crippen LogP contribution in [0.25, 0.3) is 0 Å². The Morgan fingerprint density at radius 3 is 2.33 bits per heavy atom. The molecule has 7 heteroatoms. The third kappa shape index (κ3) is 6.60. The Morgan fingerprint density at radius 1 is 0.867 bits per heavy atom. The number of nitrogens with one attached hydrogen (secondary N) is 2. The molecule has 0 bridgehead atoms. The summed E-state index contributed by atoms with van der Waals surface area (Å²) >= 11 is 6.09. The molecule has 0 fully saturated rings. The highest BCUT2D eigenvalue weighted by Gasteiger charge is 2.06. The van der Waals surface area contributed by atoms with Gasteiger partial charge in [-0.25, -0.2) is 0 Å². The molecule has 0 aromatic heterocycles. The number of methoxy groups -OCH3 is 1. The Morgan fingerprint density at radius 2 is 1.60 bits per heavy atom. The number of hydrogen-bond donors (Lipinski definition) is 2. The van der Waals surface area contributed by atoms with Crippen molar-refractivity contribution in [1.29, 1.82) is 0 Å². The maximum absolute atomic E-state index is 12.2. The number of para-hydroxylation sites is 1. The Bertz CT molecular complexity index is 966. The number of carbonyl (C=O) groups is 1. The second-order valence-electron chi connectivity index (χ2n) is 6.29. The van der Waals surface area contributed by atoms with E-state index >= 15 is 0 Å². The molecule has 156 valence electrons. The molecule has 0 saturated carbocycles. The topological polar surface area (TPSA) is 68.8 Å². The Hall–Kier alpha value is -3.38. The van der Waals surface area contributed by atoms with Gasteiger partial charge in [0.05, 0.1) is 18.7 Å². The van der Waals surface area contributed by atoms with Gasteiger partial charge in [0.15, 0.2) is 0 Å². The fraction of sp³-hybridized carbons (Fsp3) is 0.174. The zero-order valence-electron chi connectivity index (χ0n) is 16.6. The highest BCUT2D eigenvalue weighted by atomic mass is 35.5. The fourth-order valence-electron chi connectivity index (χ4n) is 2.66. The Labute approximate surface area is 180 Å². The largest absolute Gasteiger partial charge is 0.495 e. The van der Waals surface area contributed by atoms with Crippen molar-refractivity contribution in [2.24, 2.45) is 0 Å². The summed E-state index contributed by atoms with van der Waals surface area (Å²) in [5, 5.41) is 6.34. The van der Waals surface area contributed by atoms with Crippen LogP contribution in [0, 0.1) is 0 Å². The molecule has 0 spiro atoms. The molecule has 0 aliphatic heterocycles. The van der Waals surface area contributed by atoms with Gasteiger partial charge in [0.2, 0.25) is 5.91 Å². The molecule has 2 N–H and O–H groups in total. The second-order valence-corrected chi connectivity index (χ2v) is 6.70. The zero-order chi connectivity index (χ0) is 21.2. The minimum absolute atomic E-state index is 0.0959. The first kappa shape index (κ1) is 21.3. The molecule has 1 amide bonds. The molecule has 0 radical (unpaired) electrons. The standard InChI is InChI=1S/C23H23ClN2O4/c1-28-22-11-10-17(15-21(22)24)25-16-23(27)26-18-6-5-9-20(14-18)30-13-12-29-19-7-3-2-4-8-19/h2-11,14-15,25H,12-13,16H2,1H3,(H,26,27). The number of halogens is 1. The SMILES string of the molecule is COc1ccc(NCC(=O)Nc2cccc(OCCOc3ccccc3)c2)cc1Cl. The van der Waals surface area contributed by atoms with Crippen LogP contribution in [0.5, 0.6) is 17.2 Å². The van der Waals surface area contributed by atoms with Crippen molar-refractivity contribution in [3.8, 4) is 17.2 Å². The lowest BCUT2D eigenvalue weighted by atomic mass is 10.3. The van der Waals surface area contributed by atoms with Gasteiger partial charge in [-0.15, -0.1) is 0 Å². The lowest BCUT2D eigenvalue weighted by molar-refractivity contribution is -0.114. The van der Waals surface area contributed by atoms with E-state index in [2.05, 4.69) is 10.6 Å². The highest BCUT2D eigenvalue weighted by molar-refractivity contribution is 6.32. The first-order valence-corrected chi connectivity index (χ1v) is 9.80. The Balaban J connectivity index is 1.43. The molecule has 3 aromatic carbocycles. The van der Waals surface area contributed by atoms with E-state index in [4.69, 9.17) is 25.8 Å². The first-order chi connectivity index (χ1) is 14.6. The molecule has 6 nitrogen and oxygen atoms in total. The van der Waals surface area contributed by atoms with Gasteiger partial charge in [-0.2, -0.15) is 0 Å². The van der Waals surface area contributed by atoms with Crippen molar-refractivity contribution in [1.82, 2.24) is 0 Å². The fourth-order valence-corrected chi connectivity index (χ4v) is 2.92. The van der Waals surface area contributed by atoms with Crippen molar-refractivity contribution >= 4 is 28.9 Å². The second kappa shape index (κ2) is 11.0. The van der Waals surface area contributed by atoms with Crippen LogP contribution >= 0.6 is 11.6 Å². The molecule has 0 unspecified atom stereocenters. The highest BCUT2D eigenvalue weighted by Crippen LogP contribution is 2.27. The average molecular weight is 427 g/mol. The minimum Gasteiger partial charge on any atom is -0.495 e. The number of hydrogen-bond acceptors (Lipinski definition) is 5. The van der Waals surface area contributed by atoms with Crippen LogP contribution in [0.3, 0.4) is 0 Å². The van der Waals surface area contributed by atoms with Gasteiger partial charge in [-0.3, -0.25) is 4.79 Å². The number of anilines is 2.